The zero-order valence-electron chi connectivity index (χ0n) is 19.9. The fourth-order valence-electron chi connectivity index (χ4n) is 3.65. The quantitative estimate of drug-likeness (QED) is 0.284. The minimum atomic E-state index is -1.03. The van der Waals surface area contributed by atoms with Crippen molar-refractivity contribution in [3.63, 3.8) is 0 Å². The molecule has 38 heavy (non-hydrogen) atoms. The normalized spacial score (nSPS) is 14.4. The second kappa shape index (κ2) is 11.4. The summed E-state index contributed by atoms with van der Waals surface area (Å²) in [6.07, 6.45) is 1.29. The number of barbiturate groups is 1. The van der Waals surface area contributed by atoms with Gasteiger partial charge in [0.15, 0.2) is 11.5 Å². The third kappa shape index (κ3) is 5.64. The van der Waals surface area contributed by atoms with Crippen molar-refractivity contribution in [1.82, 2.24) is 5.32 Å². The number of aromatic carboxylic acids is 1. The first-order valence-corrected chi connectivity index (χ1v) is 12.0. The van der Waals surface area contributed by atoms with Gasteiger partial charge in [-0.3, -0.25) is 14.9 Å². The Hall–Kier alpha value is -4.34. The van der Waals surface area contributed by atoms with Crippen LogP contribution in [0.3, 0.4) is 0 Å². The number of carbonyl (C=O) groups is 4. The van der Waals surface area contributed by atoms with E-state index in [9.17, 15) is 19.2 Å². The van der Waals surface area contributed by atoms with Crippen molar-refractivity contribution >= 4 is 58.8 Å². The summed E-state index contributed by atoms with van der Waals surface area (Å²) in [5.41, 5.74) is 1.02. The molecule has 0 atom stereocenters. The fraction of sp³-hybridized carbons (Fsp3) is 0.111. The average Bonchev–Trinajstić information content (AvgIpc) is 2.87. The summed E-state index contributed by atoms with van der Waals surface area (Å²) in [6, 6.07) is 14.5. The molecule has 11 heteroatoms. The summed E-state index contributed by atoms with van der Waals surface area (Å²) < 4.78 is 11.5. The summed E-state index contributed by atoms with van der Waals surface area (Å²) in [4.78, 5) is 50.0. The molecule has 0 spiro atoms. The van der Waals surface area contributed by atoms with Crippen LogP contribution >= 0.6 is 23.2 Å². The molecule has 0 aromatic heterocycles. The number of carboxylic acids is 1. The second-order valence-corrected chi connectivity index (χ2v) is 8.78. The number of para-hydroxylation sites is 1. The number of benzene rings is 3. The molecular weight excluding hydrogens is 535 g/mol. The Morgan fingerprint density at radius 3 is 2.37 bits per heavy atom. The van der Waals surface area contributed by atoms with E-state index < -0.39 is 23.8 Å². The van der Waals surface area contributed by atoms with Gasteiger partial charge in [-0.2, -0.15) is 0 Å². The number of hydrogen-bond acceptors (Lipinski definition) is 6. The summed E-state index contributed by atoms with van der Waals surface area (Å²) >= 11 is 12.7. The molecule has 1 saturated heterocycles. The minimum Gasteiger partial charge on any atom is -0.490 e. The molecule has 1 aliphatic rings. The van der Waals surface area contributed by atoms with E-state index in [1.807, 2.05) is 0 Å². The number of rotatable bonds is 8. The van der Waals surface area contributed by atoms with E-state index >= 15 is 0 Å². The molecule has 0 aliphatic carbocycles. The lowest BCUT2D eigenvalue weighted by atomic mass is 10.1. The third-order valence-electron chi connectivity index (χ3n) is 5.42. The van der Waals surface area contributed by atoms with E-state index in [0.29, 0.717) is 11.1 Å². The van der Waals surface area contributed by atoms with Crippen LogP contribution in [0, 0.1) is 0 Å². The third-order valence-corrected chi connectivity index (χ3v) is 6.02. The van der Waals surface area contributed by atoms with Gasteiger partial charge in [-0.1, -0.05) is 47.5 Å². The van der Waals surface area contributed by atoms with Gasteiger partial charge >= 0.3 is 12.0 Å². The predicted octanol–water partition coefficient (Wildman–Crippen LogP) is 5.34. The van der Waals surface area contributed by atoms with E-state index in [1.54, 1.807) is 37.3 Å². The zero-order valence-corrected chi connectivity index (χ0v) is 21.4. The highest BCUT2D eigenvalue weighted by Crippen LogP contribution is 2.38. The number of carbonyl (C=O) groups excluding carboxylic acids is 3. The van der Waals surface area contributed by atoms with E-state index in [0.717, 1.165) is 4.90 Å². The molecule has 3 aromatic carbocycles. The molecule has 1 aliphatic heterocycles. The Kier molecular flexibility index (Phi) is 7.99. The van der Waals surface area contributed by atoms with Crippen LogP contribution in [0.4, 0.5) is 10.5 Å². The lowest BCUT2D eigenvalue weighted by molar-refractivity contribution is -0.122. The lowest BCUT2D eigenvalue weighted by Gasteiger charge is -2.27. The van der Waals surface area contributed by atoms with E-state index in [1.165, 1.54) is 36.4 Å². The minimum absolute atomic E-state index is 0.0793. The Bertz CT molecular complexity index is 1470. The summed E-state index contributed by atoms with van der Waals surface area (Å²) in [7, 11) is 0. The first-order valence-electron chi connectivity index (χ1n) is 11.3. The number of nitrogens with one attached hydrogen (secondary N) is 1. The van der Waals surface area contributed by atoms with Crippen molar-refractivity contribution < 1.29 is 33.8 Å². The molecule has 4 rings (SSSR count). The van der Waals surface area contributed by atoms with Crippen molar-refractivity contribution in [2.75, 3.05) is 11.5 Å². The van der Waals surface area contributed by atoms with Gasteiger partial charge in [-0.15, -0.1) is 0 Å². The van der Waals surface area contributed by atoms with Gasteiger partial charge in [0.1, 0.15) is 12.2 Å². The molecule has 0 unspecified atom stereocenters. The average molecular weight is 555 g/mol. The standard InChI is InChI=1S/C27H20Cl2N2O7/c1-2-37-22-13-16(12-20(29)23(22)38-14-15-7-9-17(10-8-15)26(34)35)11-18-24(32)30-27(36)31(25(18)33)21-6-4-3-5-19(21)28/h3-13H,2,14H2,1H3,(H,34,35)(H,30,32,36)/b18-11+. The molecule has 0 radical (unpaired) electrons. The number of carboxylic acid groups (broad SMARTS) is 1. The number of nitrogens with zero attached hydrogens (tertiary/aromatic N) is 1. The van der Waals surface area contributed by atoms with Crippen LogP contribution in [0.25, 0.3) is 6.08 Å². The summed E-state index contributed by atoms with van der Waals surface area (Å²) in [5, 5.41) is 11.5. The monoisotopic (exact) mass is 554 g/mol. The van der Waals surface area contributed by atoms with Crippen molar-refractivity contribution in [3.8, 4) is 11.5 Å². The topological polar surface area (TPSA) is 122 Å². The first kappa shape index (κ1) is 26.7. The van der Waals surface area contributed by atoms with Crippen LogP contribution in [0.1, 0.15) is 28.4 Å². The molecular formula is C27H20Cl2N2O7. The maximum absolute atomic E-state index is 13.2. The summed E-state index contributed by atoms with van der Waals surface area (Å²) in [6.45, 7) is 2.11. The van der Waals surface area contributed by atoms with Crippen LogP contribution in [-0.2, 0) is 16.2 Å². The predicted molar refractivity (Wildman–Crippen MR) is 141 cm³/mol. The van der Waals surface area contributed by atoms with E-state index in [-0.39, 0.29) is 51.6 Å². The number of halogens is 2. The lowest BCUT2D eigenvalue weighted by Crippen LogP contribution is -2.54. The smallest absolute Gasteiger partial charge is 0.335 e. The van der Waals surface area contributed by atoms with Crippen molar-refractivity contribution in [3.05, 3.63) is 93.0 Å². The van der Waals surface area contributed by atoms with Gasteiger partial charge in [0.05, 0.1) is 27.9 Å². The Morgan fingerprint density at radius 2 is 1.71 bits per heavy atom. The van der Waals surface area contributed by atoms with Gasteiger partial charge < -0.3 is 14.6 Å². The van der Waals surface area contributed by atoms with Crippen LogP contribution in [-0.4, -0.2) is 35.5 Å². The van der Waals surface area contributed by atoms with Gasteiger partial charge in [-0.25, -0.2) is 14.5 Å². The molecule has 0 bridgehead atoms. The molecule has 194 valence electrons. The van der Waals surface area contributed by atoms with E-state index in [2.05, 4.69) is 5.32 Å². The van der Waals surface area contributed by atoms with Crippen molar-refractivity contribution in [2.45, 2.75) is 13.5 Å². The van der Waals surface area contributed by atoms with Crippen LogP contribution in [0.2, 0.25) is 10.0 Å². The summed E-state index contributed by atoms with van der Waals surface area (Å²) in [5.74, 6) is -2.27. The number of anilines is 1. The highest BCUT2D eigenvalue weighted by Gasteiger charge is 2.37. The molecule has 9 nitrogen and oxygen atoms in total. The molecule has 4 amide bonds. The van der Waals surface area contributed by atoms with E-state index in [4.69, 9.17) is 37.8 Å². The Morgan fingerprint density at radius 1 is 1.00 bits per heavy atom. The SMILES string of the molecule is CCOc1cc(/C=C2\C(=O)NC(=O)N(c3ccccc3Cl)C2=O)cc(Cl)c1OCc1ccc(C(=O)O)cc1. The molecule has 1 heterocycles. The first-order chi connectivity index (χ1) is 18.2. The van der Waals surface area contributed by atoms with Gasteiger partial charge in [0.2, 0.25) is 0 Å². The zero-order chi connectivity index (χ0) is 27.4. The van der Waals surface area contributed by atoms with Gasteiger partial charge in [-0.05, 0) is 60.5 Å². The van der Waals surface area contributed by atoms with Crippen molar-refractivity contribution in [1.29, 1.82) is 0 Å². The number of imide groups is 2. The van der Waals surface area contributed by atoms with Crippen LogP contribution < -0.4 is 19.7 Å². The maximum atomic E-state index is 13.2. The number of amides is 4. The molecule has 0 saturated carbocycles. The molecule has 1 fully saturated rings. The largest absolute Gasteiger partial charge is 0.490 e. The maximum Gasteiger partial charge on any atom is 0.335 e. The second-order valence-electron chi connectivity index (χ2n) is 7.96. The number of urea groups is 1. The Balaban J connectivity index is 1.64. The number of hydrogen-bond donors (Lipinski definition) is 2. The van der Waals surface area contributed by atoms with Gasteiger partial charge in [0.25, 0.3) is 11.8 Å². The van der Waals surface area contributed by atoms with Crippen molar-refractivity contribution in [2.24, 2.45) is 0 Å². The highest BCUT2D eigenvalue weighted by molar-refractivity contribution is 6.42. The molecule has 2 N–H and O–H groups in total. The van der Waals surface area contributed by atoms with Crippen LogP contribution in [0.5, 0.6) is 11.5 Å². The van der Waals surface area contributed by atoms with Crippen LogP contribution in [0.15, 0.2) is 66.2 Å². The number of ether oxygens (including phenoxy) is 2. The highest BCUT2D eigenvalue weighted by atomic mass is 35.5. The Labute approximate surface area is 227 Å². The van der Waals surface area contributed by atoms with Gasteiger partial charge in [0, 0.05) is 0 Å². The molecule has 3 aromatic rings. The fourth-order valence-corrected chi connectivity index (χ4v) is 4.14.